The Bertz CT molecular complexity index is 1190. The van der Waals surface area contributed by atoms with Crippen LogP contribution in [0.1, 0.15) is 24.2 Å². The first kappa shape index (κ1) is 23.7. The Morgan fingerprint density at radius 1 is 1.13 bits per heavy atom. The molecule has 0 atom stereocenters. The SMILES string of the molecule is CSc1ccc2nc(N(CCN(C)C)C(=O)c3cccc(S(=O)(=O)C(C)C)c3)sc2c1. The summed E-state index contributed by atoms with van der Waals surface area (Å²) in [5.74, 6) is -0.258. The number of hydrogen-bond acceptors (Lipinski definition) is 7. The minimum Gasteiger partial charge on any atom is -0.308 e. The van der Waals surface area contributed by atoms with Gasteiger partial charge in [0.2, 0.25) is 0 Å². The fraction of sp³-hybridized carbons (Fsp3) is 0.364. The Kier molecular flexibility index (Phi) is 7.41. The van der Waals surface area contributed by atoms with E-state index in [4.69, 9.17) is 0 Å². The number of thioether (sulfide) groups is 1. The van der Waals surface area contributed by atoms with Crippen molar-refractivity contribution in [3.8, 4) is 0 Å². The van der Waals surface area contributed by atoms with Crippen LogP contribution in [0.15, 0.2) is 52.3 Å². The van der Waals surface area contributed by atoms with Crippen LogP contribution in [-0.4, -0.2) is 62.9 Å². The summed E-state index contributed by atoms with van der Waals surface area (Å²) in [5.41, 5.74) is 1.18. The molecular formula is C22H27N3O3S3. The van der Waals surface area contributed by atoms with Crippen molar-refractivity contribution in [2.24, 2.45) is 0 Å². The molecule has 0 radical (unpaired) electrons. The molecule has 1 heterocycles. The molecule has 0 N–H and O–H groups in total. The normalized spacial score (nSPS) is 12.1. The number of nitrogens with zero attached hydrogens (tertiary/aromatic N) is 3. The molecule has 6 nitrogen and oxygen atoms in total. The molecule has 0 saturated heterocycles. The Morgan fingerprint density at radius 3 is 2.52 bits per heavy atom. The van der Waals surface area contributed by atoms with Gasteiger partial charge in [0, 0.05) is 23.5 Å². The predicted molar refractivity (Wildman–Crippen MR) is 130 cm³/mol. The first-order valence-electron chi connectivity index (χ1n) is 9.88. The van der Waals surface area contributed by atoms with Crippen LogP contribution in [-0.2, 0) is 9.84 Å². The maximum atomic E-state index is 13.5. The topological polar surface area (TPSA) is 70.6 Å². The molecule has 0 spiro atoms. The van der Waals surface area contributed by atoms with E-state index in [0.717, 1.165) is 15.1 Å². The van der Waals surface area contributed by atoms with Gasteiger partial charge in [0.05, 0.1) is 20.4 Å². The molecule has 0 saturated carbocycles. The van der Waals surface area contributed by atoms with Gasteiger partial charge in [-0.15, -0.1) is 11.8 Å². The summed E-state index contributed by atoms with van der Waals surface area (Å²) in [4.78, 5) is 23.1. The predicted octanol–water partition coefficient (Wildman–Crippen LogP) is 4.41. The van der Waals surface area contributed by atoms with Crippen LogP contribution >= 0.6 is 23.1 Å². The number of sulfone groups is 1. The number of carbonyl (C=O) groups is 1. The molecule has 166 valence electrons. The lowest BCUT2D eigenvalue weighted by molar-refractivity contribution is 0.0985. The zero-order chi connectivity index (χ0) is 22.8. The van der Waals surface area contributed by atoms with Gasteiger partial charge < -0.3 is 4.90 Å². The second kappa shape index (κ2) is 9.68. The van der Waals surface area contributed by atoms with Crippen LogP contribution in [0.2, 0.25) is 0 Å². The van der Waals surface area contributed by atoms with E-state index in [1.807, 2.05) is 37.4 Å². The van der Waals surface area contributed by atoms with Crippen molar-refractivity contribution in [3.05, 3.63) is 48.0 Å². The van der Waals surface area contributed by atoms with Gasteiger partial charge in [-0.3, -0.25) is 9.69 Å². The van der Waals surface area contributed by atoms with E-state index in [2.05, 4.69) is 11.1 Å². The van der Waals surface area contributed by atoms with Crippen molar-refractivity contribution in [1.29, 1.82) is 0 Å². The van der Waals surface area contributed by atoms with E-state index in [0.29, 0.717) is 23.8 Å². The van der Waals surface area contributed by atoms with E-state index in [1.54, 1.807) is 42.6 Å². The fourth-order valence-electron chi connectivity index (χ4n) is 2.95. The van der Waals surface area contributed by atoms with Gasteiger partial charge in [-0.2, -0.15) is 0 Å². The summed E-state index contributed by atoms with van der Waals surface area (Å²) in [6.07, 6.45) is 2.02. The summed E-state index contributed by atoms with van der Waals surface area (Å²) >= 11 is 3.13. The molecule has 2 aromatic carbocycles. The molecule has 3 aromatic rings. The van der Waals surface area contributed by atoms with Crippen LogP contribution in [0.3, 0.4) is 0 Å². The molecule has 1 amide bonds. The maximum Gasteiger partial charge on any atom is 0.260 e. The van der Waals surface area contributed by atoms with Crippen LogP contribution < -0.4 is 4.90 Å². The van der Waals surface area contributed by atoms with Gasteiger partial charge in [-0.1, -0.05) is 17.4 Å². The molecule has 3 rings (SSSR count). The average Bonchev–Trinajstić information content (AvgIpc) is 3.16. The first-order valence-corrected chi connectivity index (χ1v) is 13.5. The molecule has 0 bridgehead atoms. The highest BCUT2D eigenvalue weighted by Gasteiger charge is 2.24. The van der Waals surface area contributed by atoms with Crippen molar-refractivity contribution in [2.45, 2.75) is 28.9 Å². The van der Waals surface area contributed by atoms with E-state index in [1.165, 1.54) is 23.5 Å². The summed E-state index contributed by atoms with van der Waals surface area (Å²) in [5, 5.41) is 0.0508. The summed E-state index contributed by atoms with van der Waals surface area (Å²) in [6, 6.07) is 12.3. The number of anilines is 1. The van der Waals surface area contributed by atoms with Crippen LogP contribution in [0.5, 0.6) is 0 Å². The third kappa shape index (κ3) is 5.28. The molecule has 31 heavy (non-hydrogen) atoms. The molecule has 0 aliphatic rings. The second-order valence-electron chi connectivity index (χ2n) is 7.71. The lowest BCUT2D eigenvalue weighted by Crippen LogP contribution is -2.36. The van der Waals surface area contributed by atoms with Gasteiger partial charge in [0.25, 0.3) is 5.91 Å². The number of aromatic nitrogens is 1. The maximum absolute atomic E-state index is 13.5. The van der Waals surface area contributed by atoms with Crippen LogP contribution in [0.4, 0.5) is 5.13 Å². The Labute approximate surface area is 192 Å². The van der Waals surface area contributed by atoms with Crippen LogP contribution in [0, 0.1) is 0 Å². The monoisotopic (exact) mass is 477 g/mol. The largest absolute Gasteiger partial charge is 0.308 e. The Morgan fingerprint density at radius 2 is 1.87 bits per heavy atom. The highest BCUT2D eigenvalue weighted by atomic mass is 32.2. The number of rotatable bonds is 8. The molecule has 0 aliphatic heterocycles. The van der Waals surface area contributed by atoms with E-state index >= 15 is 0 Å². The van der Waals surface area contributed by atoms with Gasteiger partial charge in [-0.25, -0.2) is 13.4 Å². The fourth-order valence-corrected chi connectivity index (χ4v) is 5.60. The number of likely N-dealkylation sites (N-methyl/N-ethyl adjacent to an activating group) is 1. The van der Waals surface area contributed by atoms with Gasteiger partial charge in [-0.05, 0) is 70.6 Å². The average molecular weight is 478 g/mol. The van der Waals surface area contributed by atoms with Crippen LogP contribution in [0.25, 0.3) is 10.2 Å². The molecule has 9 heteroatoms. The number of carbonyl (C=O) groups excluding carboxylic acids is 1. The Hall–Kier alpha value is -1.94. The van der Waals surface area contributed by atoms with Crippen molar-refractivity contribution >= 4 is 54.2 Å². The molecular weight excluding hydrogens is 450 g/mol. The molecule has 0 fully saturated rings. The highest BCUT2D eigenvalue weighted by molar-refractivity contribution is 7.98. The van der Waals surface area contributed by atoms with Crippen molar-refractivity contribution in [1.82, 2.24) is 9.88 Å². The summed E-state index contributed by atoms with van der Waals surface area (Å²) in [6.45, 7) is 4.37. The standard InChI is InChI=1S/C22H27N3O3S3/c1-15(2)31(27,28)18-8-6-7-16(13-18)21(26)25(12-11-24(3)4)22-23-19-10-9-17(29-5)14-20(19)30-22/h6-10,13-15H,11-12H2,1-5H3. The number of thiazole rings is 1. The number of fused-ring (bicyclic) bond motifs is 1. The number of hydrogen-bond donors (Lipinski definition) is 0. The summed E-state index contributed by atoms with van der Waals surface area (Å²) < 4.78 is 26.2. The molecule has 0 aliphatic carbocycles. The first-order chi connectivity index (χ1) is 14.6. The van der Waals surface area contributed by atoms with Crippen molar-refractivity contribution in [2.75, 3.05) is 38.3 Å². The van der Waals surface area contributed by atoms with Crippen molar-refractivity contribution < 1.29 is 13.2 Å². The third-order valence-electron chi connectivity index (χ3n) is 4.86. The van der Waals surface area contributed by atoms with Gasteiger partial charge in [0.1, 0.15) is 0 Å². The molecule has 0 unspecified atom stereocenters. The third-order valence-corrected chi connectivity index (χ3v) is 8.78. The minimum absolute atomic E-state index is 0.162. The Balaban J connectivity index is 2.02. The number of benzene rings is 2. The lowest BCUT2D eigenvalue weighted by atomic mass is 10.2. The van der Waals surface area contributed by atoms with Gasteiger partial charge >= 0.3 is 0 Å². The highest BCUT2D eigenvalue weighted by Crippen LogP contribution is 2.32. The smallest absolute Gasteiger partial charge is 0.260 e. The van der Waals surface area contributed by atoms with E-state index < -0.39 is 15.1 Å². The summed E-state index contributed by atoms with van der Waals surface area (Å²) in [7, 11) is 0.421. The minimum atomic E-state index is -3.47. The van der Waals surface area contributed by atoms with E-state index in [-0.39, 0.29) is 10.8 Å². The van der Waals surface area contributed by atoms with Gasteiger partial charge in [0.15, 0.2) is 15.0 Å². The van der Waals surface area contributed by atoms with E-state index in [9.17, 15) is 13.2 Å². The lowest BCUT2D eigenvalue weighted by Gasteiger charge is -2.22. The second-order valence-corrected chi connectivity index (χ2v) is 12.1. The number of amides is 1. The zero-order valence-corrected chi connectivity index (χ0v) is 20.8. The van der Waals surface area contributed by atoms with Crippen molar-refractivity contribution in [3.63, 3.8) is 0 Å². The quantitative estimate of drug-likeness (QED) is 0.448. The zero-order valence-electron chi connectivity index (χ0n) is 18.3. The molecule has 1 aromatic heterocycles.